The fourth-order valence-corrected chi connectivity index (χ4v) is 5.55. The number of benzene rings is 2. The molecule has 1 atom stereocenters. The molecule has 0 aliphatic heterocycles. The molecule has 34 heavy (non-hydrogen) atoms. The van der Waals surface area contributed by atoms with Gasteiger partial charge in [0.2, 0.25) is 11.8 Å². The summed E-state index contributed by atoms with van der Waals surface area (Å²) in [6, 6.07) is 14.0. The number of aryl methyl sites for hydroxylation is 2. The summed E-state index contributed by atoms with van der Waals surface area (Å²) in [6.45, 7) is 6.58. The lowest BCUT2D eigenvalue weighted by Gasteiger charge is -2.31. The maximum absolute atomic E-state index is 13.4. The Labute approximate surface area is 208 Å². The van der Waals surface area contributed by atoms with Crippen molar-refractivity contribution in [3.8, 4) is 5.75 Å². The van der Waals surface area contributed by atoms with Gasteiger partial charge in [0.25, 0.3) is 0 Å². The van der Waals surface area contributed by atoms with Crippen LogP contribution in [0.5, 0.6) is 5.75 Å². The molecule has 2 aromatic rings. The molecule has 1 saturated carbocycles. The van der Waals surface area contributed by atoms with Crippen LogP contribution in [-0.4, -0.2) is 41.7 Å². The summed E-state index contributed by atoms with van der Waals surface area (Å²) in [4.78, 5) is 28.4. The summed E-state index contributed by atoms with van der Waals surface area (Å²) in [5.74, 6) is 1.86. The Bertz CT molecular complexity index is 934. The van der Waals surface area contributed by atoms with Gasteiger partial charge in [-0.2, -0.15) is 0 Å². The molecule has 0 bridgehead atoms. The molecule has 0 spiro atoms. The maximum Gasteiger partial charge on any atom is 0.243 e. The van der Waals surface area contributed by atoms with E-state index in [1.807, 2.05) is 31.2 Å². The molecule has 1 N–H and O–H groups in total. The third kappa shape index (κ3) is 7.52. The van der Waals surface area contributed by atoms with Crippen molar-refractivity contribution in [3.05, 3.63) is 64.7 Å². The molecule has 2 aromatic carbocycles. The van der Waals surface area contributed by atoms with E-state index in [1.54, 1.807) is 23.8 Å². The van der Waals surface area contributed by atoms with Crippen molar-refractivity contribution in [2.45, 2.75) is 77.3 Å². The number of thioether (sulfide) groups is 1. The van der Waals surface area contributed by atoms with Gasteiger partial charge in [-0.1, -0.05) is 61.2 Å². The van der Waals surface area contributed by atoms with Crippen LogP contribution in [0.2, 0.25) is 0 Å². The molecule has 3 rings (SSSR count). The molecule has 184 valence electrons. The van der Waals surface area contributed by atoms with Crippen LogP contribution in [0, 0.1) is 13.8 Å². The summed E-state index contributed by atoms with van der Waals surface area (Å²) in [6.07, 6.45) is 4.96. The molecule has 0 heterocycles. The van der Waals surface area contributed by atoms with Gasteiger partial charge in [-0.3, -0.25) is 9.59 Å². The van der Waals surface area contributed by atoms with Crippen molar-refractivity contribution in [1.82, 2.24) is 10.2 Å². The van der Waals surface area contributed by atoms with Crippen LogP contribution in [-0.2, 0) is 21.9 Å². The van der Waals surface area contributed by atoms with Crippen LogP contribution in [0.25, 0.3) is 0 Å². The van der Waals surface area contributed by atoms with Crippen molar-refractivity contribution in [2.24, 2.45) is 0 Å². The van der Waals surface area contributed by atoms with Gasteiger partial charge in [-0.25, -0.2) is 0 Å². The SMILES string of the molecule is CC[C@@H](C(=O)NC1CCCC1)N(Cc1ccc(OC)cc1)C(=O)CSCc1cc(C)cc(C)c1. The zero-order valence-electron chi connectivity index (χ0n) is 20.9. The molecule has 2 amide bonds. The third-order valence-electron chi connectivity index (χ3n) is 6.38. The smallest absolute Gasteiger partial charge is 0.243 e. The van der Waals surface area contributed by atoms with E-state index in [-0.39, 0.29) is 17.9 Å². The van der Waals surface area contributed by atoms with Gasteiger partial charge in [0.05, 0.1) is 12.9 Å². The highest BCUT2D eigenvalue weighted by molar-refractivity contribution is 7.99. The van der Waals surface area contributed by atoms with Crippen LogP contribution in [0.3, 0.4) is 0 Å². The standard InChI is InChI=1S/C28H38N2O3S/c1-5-26(28(32)29-24-8-6-7-9-24)30(17-22-10-12-25(33-4)13-11-22)27(31)19-34-18-23-15-20(2)14-21(3)16-23/h10-16,24,26H,5-9,17-19H2,1-4H3,(H,29,32)/t26-/m0/s1. The molecule has 6 heteroatoms. The number of carbonyl (C=O) groups is 2. The fourth-order valence-electron chi connectivity index (χ4n) is 4.71. The highest BCUT2D eigenvalue weighted by Gasteiger charge is 2.30. The van der Waals surface area contributed by atoms with Crippen molar-refractivity contribution >= 4 is 23.6 Å². The van der Waals surface area contributed by atoms with Gasteiger partial charge in [-0.15, -0.1) is 11.8 Å². The average Bonchev–Trinajstić information content (AvgIpc) is 3.31. The van der Waals surface area contributed by atoms with E-state index in [0.29, 0.717) is 18.7 Å². The quantitative estimate of drug-likeness (QED) is 0.465. The van der Waals surface area contributed by atoms with E-state index in [4.69, 9.17) is 4.74 Å². The summed E-state index contributed by atoms with van der Waals surface area (Å²) in [5.41, 5.74) is 4.68. The van der Waals surface area contributed by atoms with E-state index in [0.717, 1.165) is 42.7 Å². The monoisotopic (exact) mass is 482 g/mol. The normalized spacial score (nSPS) is 14.6. The minimum atomic E-state index is -0.475. The number of rotatable bonds is 11. The lowest BCUT2D eigenvalue weighted by atomic mass is 10.1. The molecular weight excluding hydrogens is 444 g/mol. The van der Waals surface area contributed by atoms with E-state index < -0.39 is 6.04 Å². The first-order valence-electron chi connectivity index (χ1n) is 12.3. The van der Waals surface area contributed by atoms with Crippen molar-refractivity contribution in [2.75, 3.05) is 12.9 Å². The van der Waals surface area contributed by atoms with E-state index in [9.17, 15) is 9.59 Å². The second-order valence-electron chi connectivity index (χ2n) is 9.27. The van der Waals surface area contributed by atoms with Crippen LogP contribution < -0.4 is 10.1 Å². The van der Waals surface area contributed by atoms with Gasteiger partial charge in [0.1, 0.15) is 11.8 Å². The summed E-state index contributed by atoms with van der Waals surface area (Å²) in [7, 11) is 1.64. The Kier molecular flexibility index (Phi) is 9.87. The number of hydrogen-bond donors (Lipinski definition) is 1. The van der Waals surface area contributed by atoms with Crippen molar-refractivity contribution in [1.29, 1.82) is 0 Å². The summed E-state index contributed by atoms with van der Waals surface area (Å²) in [5, 5.41) is 3.20. The first kappa shape index (κ1) is 26.1. The topological polar surface area (TPSA) is 58.6 Å². The highest BCUT2D eigenvalue weighted by atomic mass is 32.2. The molecule has 0 radical (unpaired) electrons. The van der Waals surface area contributed by atoms with Crippen LogP contribution >= 0.6 is 11.8 Å². The number of ether oxygens (including phenoxy) is 1. The Morgan fingerprint density at radius 1 is 1.06 bits per heavy atom. The Morgan fingerprint density at radius 2 is 1.71 bits per heavy atom. The largest absolute Gasteiger partial charge is 0.497 e. The van der Waals surface area contributed by atoms with Gasteiger partial charge in [0, 0.05) is 18.3 Å². The van der Waals surface area contributed by atoms with E-state index in [1.165, 1.54) is 16.7 Å². The molecule has 1 aliphatic carbocycles. The minimum absolute atomic E-state index is 0.00128. The third-order valence-corrected chi connectivity index (χ3v) is 7.36. The van der Waals surface area contributed by atoms with Gasteiger partial charge < -0.3 is 15.0 Å². The second kappa shape index (κ2) is 12.8. The maximum atomic E-state index is 13.4. The van der Waals surface area contributed by atoms with Crippen LogP contribution in [0.15, 0.2) is 42.5 Å². The number of nitrogens with zero attached hydrogens (tertiary/aromatic N) is 1. The molecule has 0 saturated heterocycles. The average molecular weight is 483 g/mol. The number of nitrogens with one attached hydrogen (secondary N) is 1. The Hall–Kier alpha value is -2.47. The van der Waals surface area contributed by atoms with Crippen molar-refractivity contribution in [3.63, 3.8) is 0 Å². The zero-order chi connectivity index (χ0) is 24.5. The first-order chi connectivity index (χ1) is 16.4. The number of methoxy groups -OCH3 is 1. The van der Waals surface area contributed by atoms with Crippen LogP contribution in [0.1, 0.15) is 61.3 Å². The predicted octanol–water partition coefficient (Wildman–Crippen LogP) is 5.41. The Morgan fingerprint density at radius 3 is 2.29 bits per heavy atom. The molecular formula is C28H38N2O3S. The predicted molar refractivity (Wildman–Crippen MR) is 140 cm³/mol. The van der Waals surface area contributed by atoms with Crippen molar-refractivity contribution < 1.29 is 14.3 Å². The zero-order valence-corrected chi connectivity index (χ0v) is 21.7. The molecule has 0 unspecified atom stereocenters. The molecule has 0 aromatic heterocycles. The molecule has 1 aliphatic rings. The lowest BCUT2D eigenvalue weighted by molar-refractivity contribution is -0.139. The lowest BCUT2D eigenvalue weighted by Crippen LogP contribution is -2.51. The molecule has 5 nitrogen and oxygen atoms in total. The minimum Gasteiger partial charge on any atom is -0.497 e. The Balaban J connectivity index is 1.71. The number of carbonyl (C=O) groups excluding carboxylic acids is 2. The van der Waals surface area contributed by atoms with Crippen LogP contribution in [0.4, 0.5) is 0 Å². The fraction of sp³-hybridized carbons (Fsp3) is 0.500. The molecule has 1 fully saturated rings. The first-order valence-corrected chi connectivity index (χ1v) is 13.4. The summed E-state index contributed by atoms with van der Waals surface area (Å²) < 4.78 is 5.27. The van der Waals surface area contributed by atoms with E-state index in [2.05, 4.69) is 37.4 Å². The van der Waals surface area contributed by atoms with Gasteiger partial charge in [-0.05, 0) is 56.4 Å². The number of amides is 2. The van der Waals surface area contributed by atoms with E-state index >= 15 is 0 Å². The number of hydrogen-bond acceptors (Lipinski definition) is 4. The second-order valence-corrected chi connectivity index (χ2v) is 10.3. The summed E-state index contributed by atoms with van der Waals surface area (Å²) >= 11 is 1.61. The van der Waals surface area contributed by atoms with Gasteiger partial charge >= 0.3 is 0 Å². The van der Waals surface area contributed by atoms with Gasteiger partial charge in [0.15, 0.2) is 0 Å². The highest BCUT2D eigenvalue weighted by Crippen LogP contribution is 2.22.